The Morgan fingerprint density at radius 1 is 1.03 bits per heavy atom. The van der Waals surface area contributed by atoms with Crippen LogP contribution in [0.25, 0.3) is 0 Å². The molecule has 0 unspecified atom stereocenters. The van der Waals surface area contributed by atoms with Gasteiger partial charge in [-0.05, 0) is 50.2 Å². The van der Waals surface area contributed by atoms with Crippen LogP contribution in [0.15, 0.2) is 36.4 Å². The first-order valence-corrected chi connectivity index (χ1v) is 9.97. The molecule has 2 atom stereocenters. The van der Waals surface area contributed by atoms with Gasteiger partial charge in [-0.3, -0.25) is 9.59 Å². The molecule has 160 valence electrons. The van der Waals surface area contributed by atoms with E-state index in [0.29, 0.717) is 46.4 Å². The number of nitrogens with one attached hydrogen (secondary N) is 1. The molecule has 1 fully saturated rings. The molecule has 0 aromatic heterocycles. The largest absolute Gasteiger partial charge is 0.493 e. The van der Waals surface area contributed by atoms with Gasteiger partial charge in [0.1, 0.15) is 0 Å². The van der Waals surface area contributed by atoms with Crippen LogP contribution in [-0.2, 0) is 4.74 Å². The number of halogens is 1. The highest BCUT2D eigenvalue weighted by Gasteiger charge is 2.28. The van der Waals surface area contributed by atoms with E-state index in [1.54, 1.807) is 41.3 Å². The van der Waals surface area contributed by atoms with E-state index in [9.17, 15) is 9.59 Å². The van der Waals surface area contributed by atoms with Crippen LogP contribution >= 0.6 is 11.6 Å². The Labute approximate surface area is 180 Å². The van der Waals surface area contributed by atoms with Crippen LogP contribution in [0, 0.1) is 0 Å². The molecule has 2 aromatic rings. The lowest BCUT2D eigenvalue weighted by Crippen LogP contribution is -2.48. The lowest BCUT2D eigenvalue weighted by Gasteiger charge is -2.35. The maximum Gasteiger partial charge on any atom is 0.256 e. The van der Waals surface area contributed by atoms with Gasteiger partial charge in [0.05, 0.1) is 37.7 Å². The minimum atomic E-state index is -0.379. The number of morpholine rings is 1. The molecule has 1 heterocycles. The second kappa shape index (κ2) is 9.36. The number of hydrogen-bond acceptors (Lipinski definition) is 5. The third-order valence-electron chi connectivity index (χ3n) is 4.81. The number of rotatable bonds is 5. The predicted octanol–water partition coefficient (Wildman–Crippen LogP) is 3.86. The van der Waals surface area contributed by atoms with Gasteiger partial charge in [-0.25, -0.2) is 0 Å². The van der Waals surface area contributed by atoms with Gasteiger partial charge in [-0.2, -0.15) is 0 Å². The summed E-state index contributed by atoms with van der Waals surface area (Å²) in [4.78, 5) is 27.7. The number of carbonyl (C=O) groups is 2. The molecule has 2 aromatic carbocycles. The molecule has 2 amide bonds. The third kappa shape index (κ3) is 4.86. The number of methoxy groups -OCH3 is 2. The van der Waals surface area contributed by atoms with Crippen LogP contribution in [0.5, 0.6) is 11.5 Å². The number of nitrogens with zero attached hydrogens (tertiary/aromatic N) is 1. The second-order valence-electron chi connectivity index (χ2n) is 7.18. The van der Waals surface area contributed by atoms with Crippen molar-refractivity contribution in [2.24, 2.45) is 0 Å². The molecule has 1 aliphatic heterocycles. The number of benzene rings is 2. The molecule has 3 rings (SSSR count). The Balaban J connectivity index is 1.86. The van der Waals surface area contributed by atoms with Gasteiger partial charge in [0.25, 0.3) is 11.8 Å². The minimum Gasteiger partial charge on any atom is -0.493 e. The van der Waals surface area contributed by atoms with E-state index in [1.165, 1.54) is 14.2 Å². The van der Waals surface area contributed by atoms with E-state index in [-0.39, 0.29) is 24.0 Å². The van der Waals surface area contributed by atoms with Gasteiger partial charge in [0.2, 0.25) is 0 Å². The lowest BCUT2D eigenvalue weighted by atomic mass is 10.1. The van der Waals surface area contributed by atoms with Gasteiger partial charge in [-0.1, -0.05) is 11.6 Å². The second-order valence-corrected chi connectivity index (χ2v) is 7.62. The van der Waals surface area contributed by atoms with Crippen molar-refractivity contribution in [3.63, 3.8) is 0 Å². The number of carbonyl (C=O) groups excluding carboxylic acids is 2. The maximum atomic E-state index is 13.2. The SMILES string of the molecule is COc1ccc(C(=O)Nc2ccc(Cl)cc2C(=O)N2C[C@@H](C)O[C@H](C)C2)cc1OC. The Bertz CT molecular complexity index is 939. The lowest BCUT2D eigenvalue weighted by molar-refractivity contribution is -0.0585. The summed E-state index contributed by atoms with van der Waals surface area (Å²) in [5.41, 5.74) is 1.09. The van der Waals surface area contributed by atoms with Gasteiger partial charge >= 0.3 is 0 Å². The minimum absolute atomic E-state index is 0.0679. The summed E-state index contributed by atoms with van der Waals surface area (Å²) in [6, 6.07) is 9.68. The maximum absolute atomic E-state index is 13.2. The molecule has 0 radical (unpaired) electrons. The molecule has 0 bridgehead atoms. The van der Waals surface area contributed by atoms with Crippen molar-refractivity contribution in [2.75, 3.05) is 32.6 Å². The highest BCUT2D eigenvalue weighted by atomic mass is 35.5. The van der Waals surface area contributed by atoms with Crippen molar-refractivity contribution in [1.82, 2.24) is 4.90 Å². The van der Waals surface area contributed by atoms with Gasteiger partial charge in [0, 0.05) is 23.7 Å². The van der Waals surface area contributed by atoms with E-state index < -0.39 is 0 Å². The summed E-state index contributed by atoms with van der Waals surface area (Å²) in [7, 11) is 3.02. The zero-order valence-corrected chi connectivity index (χ0v) is 18.2. The van der Waals surface area contributed by atoms with Crippen LogP contribution < -0.4 is 14.8 Å². The summed E-state index contributed by atoms with van der Waals surface area (Å²) in [6.07, 6.45) is -0.136. The molecule has 0 spiro atoms. The van der Waals surface area contributed by atoms with Crippen LogP contribution in [0.1, 0.15) is 34.6 Å². The third-order valence-corrected chi connectivity index (χ3v) is 5.05. The van der Waals surface area contributed by atoms with E-state index >= 15 is 0 Å². The number of ether oxygens (including phenoxy) is 3. The fourth-order valence-corrected chi connectivity index (χ4v) is 3.66. The summed E-state index contributed by atoms with van der Waals surface area (Å²) in [5, 5.41) is 3.23. The van der Waals surface area contributed by atoms with E-state index in [0.717, 1.165) is 0 Å². The summed E-state index contributed by atoms with van der Waals surface area (Å²) in [5.74, 6) is 0.374. The van der Waals surface area contributed by atoms with Crippen LogP contribution in [0.2, 0.25) is 5.02 Å². The van der Waals surface area contributed by atoms with Crippen molar-refractivity contribution in [2.45, 2.75) is 26.1 Å². The average Bonchev–Trinajstić information content (AvgIpc) is 2.73. The number of anilines is 1. The first-order valence-electron chi connectivity index (χ1n) is 9.60. The molecule has 1 N–H and O–H groups in total. The normalized spacial score (nSPS) is 18.6. The Kier molecular flexibility index (Phi) is 6.84. The molecular weight excluding hydrogens is 408 g/mol. The zero-order chi connectivity index (χ0) is 21.8. The van der Waals surface area contributed by atoms with Crippen LogP contribution in [0.3, 0.4) is 0 Å². The monoisotopic (exact) mass is 432 g/mol. The first-order chi connectivity index (χ1) is 14.3. The fraction of sp³-hybridized carbons (Fsp3) is 0.364. The molecular formula is C22H25ClN2O5. The fourth-order valence-electron chi connectivity index (χ4n) is 3.49. The van der Waals surface area contributed by atoms with Crippen LogP contribution in [-0.4, -0.2) is 56.2 Å². The topological polar surface area (TPSA) is 77.1 Å². The molecule has 0 aliphatic carbocycles. The van der Waals surface area contributed by atoms with Gasteiger partial charge < -0.3 is 24.4 Å². The summed E-state index contributed by atoms with van der Waals surface area (Å²) in [6.45, 7) is 4.79. The van der Waals surface area contributed by atoms with Crippen molar-refractivity contribution >= 4 is 29.1 Å². The summed E-state index contributed by atoms with van der Waals surface area (Å²) < 4.78 is 16.2. The first kappa shape index (κ1) is 21.9. The Hall–Kier alpha value is -2.77. The van der Waals surface area contributed by atoms with E-state index in [2.05, 4.69) is 5.32 Å². The number of amides is 2. The Morgan fingerprint density at radius 3 is 2.33 bits per heavy atom. The molecule has 1 saturated heterocycles. The molecule has 8 heteroatoms. The molecule has 30 heavy (non-hydrogen) atoms. The van der Waals surface area contributed by atoms with Crippen molar-refractivity contribution in [3.05, 3.63) is 52.5 Å². The van der Waals surface area contributed by atoms with E-state index in [1.807, 2.05) is 13.8 Å². The highest BCUT2D eigenvalue weighted by molar-refractivity contribution is 6.31. The molecule has 7 nitrogen and oxygen atoms in total. The van der Waals surface area contributed by atoms with Crippen molar-refractivity contribution < 1.29 is 23.8 Å². The quantitative estimate of drug-likeness (QED) is 0.776. The number of hydrogen-bond donors (Lipinski definition) is 1. The summed E-state index contributed by atoms with van der Waals surface area (Å²) >= 11 is 6.15. The van der Waals surface area contributed by atoms with Crippen LogP contribution in [0.4, 0.5) is 5.69 Å². The smallest absolute Gasteiger partial charge is 0.256 e. The predicted molar refractivity (Wildman–Crippen MR) is 115 cm³/mol. The molecule has 1 aliphatic rings. The van der Waals surface area contributed by atoms with Crippen molar-refractivity contribution in [3.8, 4) is 11.5 Å². The van der Waals surface area contributed by atoms with Gasteiger partial charge in [0.15, 0.2) is 11.5 Å². The average molecular weight is 433 g/mol. The Morgan fingerprint density at radius 2 is 1.70 bits per heavy atom. The van der Waals surface area contributed by atoms with Crippen molar-refractivity contribution in [1.29, 1.82) is 0 Å². The molecule has 0 saturated carbocycles. The standard InChI is InChI=1S/C22H25ClN2O5/c1-13-11-25(12-14(2)30-13)22(27)17-10-16(23)6-7-18(17)24-21(26)15-5-8-19(28-3)20(9-15)29-4/h5-10,13-14H,11-12H2,1-4H3,(H,24,26)/t13-,14-/m1/s1. The highest BCUT2D eigenvalue weighted by Crippen LogP contribution is 2.29. The van der Waals surface area contributed by atoms with Gasteiger partial charge in [-0.15, -0.1) is 0 Å². The zero-order valence-electron chi connectivity index (χ0n) is 17.4. The van der Waals surface area contributed by atoms with E-state index in [4.69, 9.17) is 25.8 Å².